The van der Waals surface area contributed by atoms with Crippen molar-refractivity contribution in [2.75, 3.05) is 16.6 Å². The Kier molecular flexibility index (Phi) is 3.51. The van der Waals surface area contributed by atoms with Gasteiger partial charge in [-0.15, -0.1) is 0 Å². The van der Waals surface area contributed by atoms with E-state index in [4.69, 9.17) is 28.9 Å². The third-order valence-electron chi connectivity index (χ3n) is 3.41. The minimum absolute atomic E-state index is 0.0318. The van der Waals surface area contributed by atoms with Crippen LogP contribution in [0, 0.1) is 0 Å². The topological polar surface area (TPSA) is 63.4 Å². The normalized spacial score (nSPS) is 14.3. The second kappa shape index (κ2) is 5.09. The van der Waals surface area contributed by atoms with Gasteiger partial charge in [0, 0.05) is 12.2 Å². The Labute approximate surface area is 133 Å². The Hall–Kier alpha value is -1.43. The van der Waals surface area contributed by atoms with Crippen LogP contribution in [-0.4, -0.2) is 15.0 Å². The molecule has 7 heteroatoms. The first-order valence-electron chi connectivity index (χ1n) is 6.26. The lowest BCUT2D eigenvalue weighted by atomic mass is 10.2. The number of sulfonamides is 1. The molecule has 0 saturated heterocycles. The number of halogens is 2. The number of nitrogen functional groups attached to an aromatic ring is 1. The molecular weight excluding hydrogens is 331 g/mol. The van der Waals surface area contributed by atoms with Gasteiger partial charge in [0.1, 0.15) is 4.90 Å². The van der Waals surface area contributed by atoms with Gasteiger partial charge < -0.3 is 5.73 Å². The summed E-state index contributed by atoms with van der Waals surface area (Å²) in [5.41, 5.74) is 7.61. The number of benzene rings is 2. The third kappa shape index (κ3) is 2.35. The SMILES string of the molecule is Nc1cc(Cl)c(S(=O)(=O)N2CCc3ccccc32)c(Cl)c1. The van der Waals surface area contributed by atoms with Gasteiger partial charge in [0.25, 0.3) is 10.0 Å². The van der Waals surface area contributed by atoms with Gasteiger partial charge in [-0.05, 0) is 30.2 Å². The number of nitrogens with zero attached hydrogens (tertiary/aromatic N) is 1. The van der Waals surface area contributed by atoms with E-state index in [1.807, 2.05) is 12.1 Å². The summed E-state index contributed by atoms with van der Waals surface area (Å²) < 4.78 is 27.1. The highest BCUT2D eigenvalue weighted by Gasteiger charge is 2.33. The van der Waals surface area contributed by atoms with Gasteiger partial charge in [0.05, 0.1) is 15.7 Å². The molecule has 1 heterocycles. The lowest BCUT2D eigenvalue weighted by Gasteiger charge is -2.21. The highest BCUT2D eigenvalue weighted by Crippen LogP contribution is 2.38. The number of para-hydroxylation sites is 1. The number of fused-ring (bicyclic) bond motifs is 1. The van der Waals surface area contributed by atoms with E-state index in [0.717, 1.165) is 5.56 Å². The molecule has 0 atom stereocenters. The van der Waals surface area contributed by atoms with E-state index >= 15 is 0 Å². The van der Waals surface area contributed by atoms with Crippen LogP contribution in [0.25, 0.3) is 0 Å². The highest BCUT2D eigenvalue weighted by molar-refractivity contribution is 7.93. The van der Waals surface area contributed by atoms with Gasteiger partial charge >= 0.3 is 0 Å². The summed E-state index contributed by atoms with van der Waals surface area (Å²) in [7, 11) is -3.82. The first-order chi connectivity index (χ1) is 9.91. The fraction of sp³-hybridized carbons (Fsp3) is 0.143. The predicted octanol–water partition coefficient (Wildman–Crippen LogP) is 3.33. The molecule has 0 saturated carbocycles. The summed E-state index contributed by atoms with van der Waals surface area (Å²) in [5, 5.41) is 0.0637. The summed E-state index contributed by atoms with van der Waals surface area (Å²) >= 11 is 12.1. The maximum atomic E-state index is 12.9. The minimum atomic E-state index is -3.82. The van der Waals surface area contributed by atoms with Crippen LogP contribution in [0.15, 0.2) is 41.3 Å². The standard InChI is InChI=1S/C14H12Cl2N2O2S/c15-11-7-10(17)8-12(16)14(11)21(19,20)18-6-5-9-3-1-2-4-13(9)18/h1-4,7-8H,5-6,17H2. The first kappa shape index (κ1) is 14.5. The number of rotatable bonds is 2. The second-order valence-corrected chi connectivity index (χ2v) is 7.38. The molecular formula is C14H12Cl2N2O2S. The summed E-state index contributed by atoms with van der Waals surface area (Å²) in [6.07, 6.45) is 0.666. The molecule has 2 aromatic carbocycles. The number of anilines is 2. The summed E-state index contributed by atoms with van der Waals surface area (Å²) in [6, 6.07) is 10.2. The molecule has 4 nitrogen and oxygen atoms in total. The van der Waals surface area contributed by atoms with Crippen LogP contribution < -0.4 is 10.0 Å². The Balaban J connectivity index is 2.16. The van der Waals surface area contributed by atoms with Crippen molar-refractivity contribution in [3.8, 4) is 0 Å². The van der Waals surface area contributed by atoms with Gasteiger partial charge in [-0.25, -0.2) is 8.42 Å². The zero-order valence-electron chi connectivity index (χ0n) is 10.9. The lowest BCUT2D eigenvalue weighted by Crippen LogP contribution is -2.29. The maximum absolute atomic E-state index is 12.9. The van der Waals surface area contributed by atoms with Crippen molar-refractivity contribution in [2.24, 2.45) is 0 Å². The number of hydrogen-bond acceptors (Lipinski definition) is 3. The van der Waals surface area contributed by atoms with E-state index in [2.05, 4.69) is 0 Å². The smallest absolute Gasteiger partial charge is 0.267 e. The van der Waals surface area contributed by atoms with E-state index in [1.54, 1.807) is 12.1 Å². The molecule has 2 N–H and O–H groups in total. The molecule has 1 aliphatic rings. The van der Waals surface area contributed by atoms with Crippen molar-refractivity contribution in [3.63, 3.8) is 0 Å². The fourth-order valence-electron chi connectivity index (χ4n) is 2.49. The molecule has 0 bridgehead atoms. The van der Waals surface area contributed by atoms with E-state index in [1.165, 1.54) is 16.4 Å². The summed E-state index contributed by atoms with van der Waals surface area (Å²) in [4.78, 5) is -0.100. The maximum Gasteiger partial charge on any atom is 0.267 e. The van der Waals surface area contributed by atoms with Crippen molar-refractivity contribution in [1.29, 1.82) is 0 Å². The average molecular weight is 343 g/mol. The molecule has 0 unspecified atom stereocenters. The molecule has 21 heavy (non-hydrogen) atoms. The average Bonchev–Trinajstić information content (AvgIpc) is 2.81. The number of nitrogens with two attached hydrogens (primary N) is 1. The molecule has 0 fully saturated rings. The molecule has 2 aromatic rings. The van der Waals surface area contributed by atoms with E-state index in [0.29, 0.717) is 24.3 Å². The first-order valence-corrected chi connectivity index (χ1v) is 8.46. The van der Waals surface area contributed by atoms with Crippen LogP contribution in [0.2, 0.25) is 10.0 Å². The molecule has 0 aliphatic carbocycles. The van der Waals surface area contributed by atoms with Crippen LogP contribution in [-0.2, 0) is 16.4 Å². The van der Waals surface area contributed by atoms with Gasteiger partial charge in [-0.2, -0.15) is 0 Å². The Morgan fingerprint density at radius 2 is 1.71 bits per heavy atom. The molecule has 0 amide bonds. The number of hydrogen-bond donors (Lipinski definition) is 1. The zero-order chi connectivity index (χ0) is 15.2. The van der Waals surface area contributed by atoms with Crippen LogP contribution in [0.1, 0.15) is 5.56 Å². The minimum Gasteiger partial charge on any atom is -0.399 e. The van der Waals surface area contributed by atoms with Crippen LogP contribution in [0.3, 0.4) is 0 Å². The summed E-state index contributed by atoms with van der Waals surface area (Å²) in [5.74, 6) is 0. The van der Waals surface area contributed by atoms with Crippen molar-refractivity contribution in [1.82, 2.24) is 0 Å². The van der Waals surface area contributed by atoms with Gasteiger partial charge in [-0.1, -0.05) is 41.4 Å². The van der Waals surface area contributed by atoms with Gasteiger partial charge in [0.15, 0.2) is 0 Å². The third-order valence-corrected chi connectivity index (χ3v) is 6.15. The molecule has 0 aromatic heterocycles. The predicted molar refractivity (Wildman–Crippen MR) is 85.6 cm³/mol. The Bertz CT molecular complexity index is 798. The molecule has 0 spiro atoms. The molecule has 0 radical (unpaired) electrons. The van der Waals surface area contributed by atoms with Crippen molar-refractivity contribution in [2.45, 2.75) is 11.3 Å². The molecule has 110 valence electrons. The molecule has 1 aliphatic heterocycles. The van der Waals surface area contributed by atoms with Crippen molar-refractivity contribution in [3.05, 3.63) is 52.0 Å². The monoisotopic (exact) mass is 342 g/mol. The zero-order valence-corrected chi connectivity index (χ0v) is 13.2. The van der Waals surface area contributed by atoms with Crippen molar-refractivity contribution < 1.29 is 8.42 Å². The van der Waals surface area contributed by atoms with Crippen LogP contribution in [0.5, 0.6) is 0 Å². The van der Waals surface area contributed by atoms with Crippen LogP contribution >= 0.6 is 23.2 Å². The van der Waals surface area contributed by atoms with Crippen molar-refractivity contribution >= 4 is 44.6 Å². The second-order valence-electron chi connectivity index (χ2n) is 4.77. The Morgan fingerprint density at radius 1 is 1.10 bits per heavy atom. The Morgan fingerprint density at radius 3 is 2.38 bits per heavy atom. The van der Waals surface area contributed by atoms with E-state index < -0.39 is 10.0 Å². The van der Waals surface area contributed by atoms with Gasteiger partial charge in [-0.3, -0.25) is 4.31 Å². The largest absolute Gasteiger partial charge is 0.399 e. The molecule has 3 rings (SSSR count). The summed E-state index contributed by atoms with van der Waals surface area (Å²) in [6.45, 7) is 0.374. The van der Waals surface area contributed by atoms with E-state index in [9.17, 15) is 8.42 Å². The highest BCUT2D eigenvalue weighted by atomic mass is 35.5. The van der Waals surface area contributed by atoms with Gasteiger partial charge in [0.2, 0.25) is 0 Å². The lowest BCUT2D eigenvalue weighted by molar-refractivity contribution is 0.592. The fourth-order valence-corrected chi connectivity index (χ4v) is 5.18. The quantitative estimate of drug-likeness (QED) is 0.851. The van der Waals surface area contributed by atoms with E-state index in [-0.39, 0.29) is 14.9 Å². The van der Waals surface area contributed by atoms with Crippen LogP contribution in [0.4, 0.5) is 11.4 Å².